The smallest absolute Gasteiger partial charge is 0.159 e. The van der Waals surface area contributed by atoms with Crippen LogP contribution in [0.15, 0.2) is 203 Å². The van der Waals surface area contributed by atoms with E-state index in [4.69, 9.17) is 8.83 Å². The molecular weight excluding hydrogens is 737 g/mol. The lowest BCUT2D eigenvalue weighted by Crippen LogP contribution is -2.56. The van der Waals surface area contributed by atoms with Crippen molar-refractivity contribution in [3.05, 3.63) is 194 Å². The van der Waals surface area contributed by atoms with Crippen molar-refractivity contribution in [3.63, 3.8) is 0 Å². The number of fused-ring (bicyclic) bond motifs is 8. The summed E-state index contributed by atoms with van der Waals surface area (Å²) in [7, 11) is -2.28. The zero-order chi connectivity index (χ0) is 39.2. The van der Waals surface area contributed by atoms with E-state index in [1.807, 2.05) is 18.2 Å². The lowest BCUT2D eigenvalue weighted by Gasteiger charge is -2.36. The third-order valence-electron chi connectivity index (χ3n) is 12.4. The molecule has 0 atom stereocenters. The second-order valence-electron chi connectivity index (χ2n) is 16.1. The molecule has 3 heterocycles. The van der Waals surface area contributed by atoms with E-state index in [-0.39, 0.29) is 0 Å². The van der Waals surface area contributed by atoms with Gasteiger partial charge in [-0.25, -0.2) is 0 Å². The maximum absolute atomic E-state index is 6.63. The lowest BCUT2D eigenvalue weighted by molar-refractivity contribution is 0.668. The van der Waals surface area contributed by atoms with Crippen molar-refractivity contribution in [2.75, 3.05) is 9.80 Å². The molecule has 0 spiro atoms. The number of anilines is 6. The quantitative estimate of drug-likeness (QED) is 0.158. The molecular formula is C54H38N2O2Si. The Balaban J connectivity index is 1.05. The molecule has 0 N–H and O–H groups in total. The van der Waals surface area contributed by atoms with Crippen LogP contribution in [0.4, 0.5) is 34.1 Å². The Labute approximate surface area is 342 Å². The van der Waals surface area contributed by atoms with Gasteiger partial charge in [-0.2, -0.15) is 0 Å². The molecule has 280 valence electrons. The predicted octanol–water partition coefficient (Wildman–Crippen LogP) is 14.4. The zero-order valence-electron chi connectivity index (χ0n) is 32.7. The summed E-state index contributed by atoms with van der Waals surface area (Å²) < 4.78 is 12.9. The first-order valence-electron chi connectivity index (χ1n) is 20.3. The molecule has 59 heavy (non-hydrogen) atoms. The van der Waals surface area contributed by atoms with E-state index in [0.29, 0.717) is 0 Å². The van der Waals surface area contributed by atoms with Crippen LogP contribution in [-0.2, 0) is 0 Å². The number of hydrogen-bond donors (Lipinski definition) is 0. The second-order valence-corrected chi connectivity index (χ2v) is 20.4. The van der Waals surface area contributed by atoms with E-state index in [1.54, 1.807) is 0 Å². The van der Waals surface area contributed by atoms with Crippen LogP contribution in [0.3, 0.4) is 0 Å². The van der Waals surface area contributed by atoms with Crippen molar-refractivity contribution in [3.8, 4) is 11.1 Å². The first-order valence-corrected chi connectivity index (χ1v) is 23.3. The average molecular weight is 775 g/mol. The van der Waals surface area contributed by atoms with E-state index in [2.05, 4.69) is 199 Å². The maximum Gasteiger partial charge on any atom is 0.159 e. The Morgan fingerprint density at radius 1 is 0.356 bits per heavy atom. The molecule has 12 rings (SSSR count). The van der Waals surface area contributed by atoms with Gasteiger partial charge < -0.3 is 18.6 Å². The molecule has 0 saturated heterocycles. The van der Waals surface area contributed by atoms with Crippen molar-refractivity contribution in [2.24, 2.45) is 0 Å². The first-order chi connectivity index (χ1) is 29.0. The molecule has 9 aromatic carbocycles. The van der Waals surface area contributed by atoms with Gasteiger partial charge in [0.05, 0.1) is 11.4 Å². The van der Waals surface area contributed by atoms with E-state index >= 15 is 0 Å². The van der Waals surface area contributed by atoms with Gasteiger partial charge in [0, 0.05) is 49.7 Å². The van der Waals surface area contributed by atoms with E-state index in [1.165, 1.54) is 32.3 Å². The molecule has 1 aliphatic heterocycles. The van der Waals surface area contributed by atoms with Crippen molar-refractivity contribution in [1.29, 1.82) is 0 Å². The van der Waals surface area contributed by atoms with Crippen LogP contribution in [0.25, 0.3) is 65.8 Å². The topological polar surface area (TPSA) is 32.8 Å². The van der Waals surface area contributed by atoms with E-state index < -0.39 is 8.07 Å². The SMILES string of the molecule is C[Si]1(C)c2cc(N(c3ccccc3)c3cccc4c3oc3ccccc34)ccc2-c2ccc(N(c3ccccc3)c3ccc4oc5ccccc5c4c3)c3cccc1c23. The van der Waals surface area contributed by atoms with Gasteiger partial charge in [-0.1, -0.05) is 128 Å². The van der Waals surface area contributed by atoms with Gasteiger partial charge in [0.1, 0.15) is 24.8 Å². The average Bonchev–Trinajstić information content (AvgIpc) is 3.86. The van der Waals surface area contributed by atoms with Crippen LogP contribution in [0.1, 0.15) is 0 Å². The summed E-state index contributed by atoms with van der Waals surface area (Å²) >= 11 is 0. The summed E-state index contributed by atoms with van der Waals surface area (Å²) in [5.74, 6) is 0. The molecule has 0 aliphatic carbocycles. The minimum atomic E-state index is -2.28. The first kappa shape index (κ1) is 33.8. The Hall–Kier alpha value is -7.34. The Bertz CT molecular complexity index is 3440. The van der Waals surface area contributed by atoms with E-state index in [0.717, 1.165) is 78.0 Å². The Morgan fingerprint density at radius 2 is 0.915 bits per heavy atom. The van der Waals surface area contributed by atoms with Crippen LogP contribution in [0.5, 0.6) is 0 Å². The second kappa shape index (κ2) is 12.8. The monoisotopic (exact) mass is 774 g/mol. The number of para-hydroxylation sites is 5. The van der Waals surface area contributed by atoms with Gasteiger partial charge in [0.15, 0.2) is 5.58 Å². The highest BCUT2D eigenvalue weighted by molar-refractivity contribution is 7.03. The molecule has 4 nitrogen and oxygen atoms in total. The van der Waals surface area contributed by atoms with Crippen molar-refractivity contribution >= 4 is 107 Å². The number of rotatable bonds is 6. The Morgan fingerprint density at radius 3 is 1.68 bits per heavy atom. The molecule has 2 aromatic heterocycles. The fourth-order valence-corrected chi connectivity index (χ4v) is 12.8. The summed E-state index contributed by atoms with van der Waals surface area (Å²) in [5.41, 5.74) is 12.8. The molecule has 0 bridgehead atoms. The number of benzene rings is 9. The summed E-state index contributed by atoms with van der Waals surface area (Å²) in [6.45, 7) is 5.03. The van der Waals surface area contributed by atoms with Gasteiger partial charge in [-0.15, -0.1) is 0 Å². The van der Waals surface area contributed by atoms with Crippen LogP contribution >= 0.6 is 0 Å². The van der Waals surface area contributed by atoms with Crippen LogP contribution in [0.2, 0.25) is 13.1 Å². The fraction of sp³-hybridized carbons (Fsp3) is 0.0370. The van der Waals surface area contributed by atoms with Crippen LogP contribution in [0, 0.1) is 0 Å². The van der Waals surface area contributed by atoms with Crippen LogP contribution in [-0.4, -0.2) is 8.07 Å². The number of hydrogen-bond acceptors (Lipinski definition) is 4. The molecule has 0 saturated carbocycles. The minimum absolute atomic E-state index is 0.887. The highest BCUT2D eigenvalue weighted by atomic mass is 28.3. The summed E-state index contributed by atoms with van der Waals surface area (Å²) in [4.78, 5) is 4.78. The largest absolute Gasteiger partial charge is 0.456 e. The molecule has 0 unspecified atom stereocenters. The standard InChI is InChI=1S/C54H38N2O2Si/c1-59(2)51-26-14-22-44-46(55(35-15-5-3-6-16-35)37-28-32-50-45(33-37)40-20-10-11-24-48(40)57-50)31-30-42(53(44)51)41-29-27-38(34-52(41)59)56(36-17-7-4-8-18-36)47-23-13-21-43-39-19-9-12-25-49(39)58-54(43)47/h3-34H,1-2H3. The number of nitrogens with zero attached hydrogens (tertiary/aromatic N) is 2. The minimum Gasteiger partial charge on any atom is -0.456 e. The Kier molecular flexibility index (Phi) is 7.34. The number of furan rings is 2. The molecule has 0 radical (unpaired) electrons. The third-order valence-corrected chi connectivity index (χ3v) is 16.0. The molecule has 0 fully saturated rings. The van der Waals surface area contributed by atoms with Gasteiger partial charge in [0.25, 0.3) is 0 Å². The van der Waals surface area contributed by atoms with Gasteiger partial charge in [0.2, 0.25) is 0 Å². The summed E-state index contributed by atoms with van der Waals surface area (Å²) in [6.07, 6.45) is 0. The molecule has 0 amide bonds. The zero-order valence-corrected chi connectivity index (χ0v) is 33.7. The maximum atomic E-state index is 6.63. The van der Waals surface area contributed by atoms with Gasteiger partial charge in [-0.05, 0) is 106 Å². The van der Waals surface area contributed by atoms with Crippen molar-refractivity contribution in [2.45, 2.75) is 13.1 Å². The highest BCUT2D eigenvalue weighted by Crippen LogP contribution is 2.46. The molecule has 1 aliphatic rings. The molecule has 5 heteroatoms. The van der Waals surface area contributed by atoms with Gasteiger partial charge in [-0.3, -0.25) is 0 Å². The van der Waals surface area contributed by atoms with Crippen molar-refractivity contribution < 1.29 is 8.83 Å². The summed E-state index contributed by atoms with van der Waals surface area (Å²) in [5, 5.41) is 9.96. The fourth-order valence-electron chi connectivity index (χ4n) is 9.67. The van der Waals surface area contributed by atoms with Gasteiger partial charge >= 0.3 is 0 Å². The normalized spacial score (nSPS) is 13.1. The van der Waals surface area contributed by atoms with E-state index in [9.17, 15) is 0 Å². The summed E-state index contributed by atoms with van der Waals surface area (Å²) in [6, 6.07) is 69.9. The van der Waals surface area contributed by atoms with Crippen molar-refractivity contribution in [1.82, 2.24) is 0 Å². The predicted molar refractivity (Wildman–Crippen MR) is 250 cm³/mol. The highest BCUT2D eigenvalue weighted by Gasteiger charge is 2.37. The third kappa shape index (κ3) is 5.08. The lowest BCUT2D eigenvalue weighted by atomic mass is 9.95. The molecule has 11 aromatic rings. The van der Waals surface area contributed by atoms with Crippen LogP contribution < -0.4 is 20.2 Å².